The minimum absolute atomic E-state index is 0.0805. The van der Waals surface area contributed by atoms with Crippen molar-refractivity contribution >= 4 is 17.5 Å². The number of benzene rings is 1. The number of amides is 2. The van der Waals surface area contributed by atoms with Crippen LogP contribution in [0, 0.1) is 0 Å². The zero-order valence-electron chi connectivity index (χ0n) is 14.3. The Morgan fingerprint density at radius 3 is 2.52 bits per heavy atom. The molecule has 4 rings (SSSR count). The lowest BCUT2D eigenvalue weighted by molar-refractivity contribution is -0.137. The number of rotatable bonds is 2. The van der Waals surface area contributed by atoms with Crippen molar-refractivity contribution in [2.24, 2.45) is 0 Å². The molecule has 2 atom stereocenters. The summed E-state index contributed by atoms with van der Waals surface area (Å²) in [6.07, 6.45) is 1.31. The number of anilines is 1. The lowest BCUT2D eigenvalue weighted by atomic mass is 9.88. The second-order valence-electron chi connectivity index (χ2n) is 6.95. The molecule has 1 saturated carbocycles. The minimum atomic E-state index is -4.43. The highest BCUT2D eigenvalue weighted by Gasteiger charge is 2.37. The predicted octanol–water partition coefficient (Wildman–Crippen LogP) is 3.99. The quantitative estimate of drug-likeness (QED) is 0.831. The summed E-state index contributed by atoms with van der Waals surface area (Å²) in [7, 11) is 0. The fourth-order valence-corrected chi connectivity index (χ4v) is 3.94. The van der Waals surface area contributed by atoms with E-state index >= 15 is 0 Å². The standard InChI is InChI=1S/C19H18F3N3O2/c20-19(21,22)11-5-7-12(8-6-11)23-17(26)13-9-10-25-15-4-2-1-3-14(15)24-18(27)16(13)25/h5-10,14-15H,1-4H2,(H,23,26)(H,24,27)/t14-,15-/m1/s1. The molecule has 2 N–H and O–H groups in total. The molecular weight excluding hydrogens is 359 g/mol. The van der Waals surface area contributed by atoms with Gasteiger partial charge in [-0.25, -0.2) is 0 Å². The van der Waals surface area contributed by atoms with Gasteiger partial charge >= 0.3 is 6.18 Å². The van der Waals surface area contributed by atoms with E-state index in [1.165, 1.54) is 12.1 Å². The Bertz CT molecular complexity index is 887. The van der Waals surface area contributed by atoms with Crippen LogP contribution < -0.4 is 10.6 Å². The van der Waals surface area contributed by atoms with Crippen LogP contribution in [-0.2, 0) is 6.18 Å². The number of hydrogen-bond acceptors (Lipinski definition) is 2. The number of fused-ring (bicyclic) bond motifs is 3. The molecule has 5 nitrogen and oxygen atoms in total. The van der Waals surface area contributed by atoms with Gasteiger partial charge in [0.15, 0.2) is 0 Å². The molecule has 2 aromatic rings. The summed E-state index contributed by atoms with van der Waals surface area (Å²) >= 11 is 0. The SMILES string of the molecule is O=C(Nc1ccc(C(F)(F)F)cc1)c1ccn2c1C(=O)N[C@@H]1CCCC[C@H]12. The number of halogens is 3. The summed E-state index contributed by atoms with van der Waals surface area (Å²) in [6, 6.07) is 6.01. The normalized spacial score (nSPS) is 21.8. The first-order chi connectivity index (χ1) is 12.8. The van der Waals surface area contributed by atoms with Gasteiger partial charge in [-0.15, -0.1) is 0 Å². The number of nitrogens with zero attached hydrogens (tertiary/aromatic N) is 1. The van der Waals surface area contributed by atoms with Gasteiger partial charge in [-0.3, -0.25) is 9.59 Å². The number of nitrogens with one attached hydrogen (secondary N) is 2. The summed E-state index contributed by atoms with van der Waals surface area (Å²) in [4.78, 5) is 25.1. The first kappa shape index (κ1) is 17.6. The van der Waals surface area contributed by atoms with Crippen molar-refractivity contribution in [1.29, 1.82) is 0 Å². The van der Waals surface area contributed by atoms with Crippen LogP contribution in [0.1, 0.15) is 58.1 Å². The number of alkyl halides is 3. The van der Waals surface area contributed by atoms with Gasteiger partial charge in [-0.05, 0) is 43.2 Å². The van der Waals surface area contributed by atoms with Crippen LogP contribution in [0.25, 0.3) is 0 Å². The number of hydrogen-bond donors (Lipinski definition) is 2. The average molecular weight is 377 g/mol. The Hall–Kier alpha value is -2.77. The van der Waals surface area contributed by atoms with E-state index < -0.39 is 17.6 Å². The zero-order chi connectivity index (χ0) is 19.2. The molecule has 1 aromatic heterocycles. The molecule has 0 spiro atoms. The van der Waals surface area contributed by atoms with Crippen LogP contribution >= 0.6 is 0 Å². The highest BCUT2D eigenvalue weighted by atomic mass is 19.4. The summed E-state index contributed by atoms with van der Waals surface area (Å²) in [6.45, 7) is 0. The van der Waals surface area contributed by atoms with Crippen molar-refractivity contribution in [3.63, 3.8) is 0 Å². The molecule has 1 aliphatic heterocycles. The van der Waals surface area contributed by atoms with E-state index in [2.05, 4.69) is 10.6 Å². The van der Waals surface area contributed by atoms with E-state index in [9.17, 15) is 22.8 Å². The molecule has 27 heavy (non-hydrogen) atoms. The Kier molecular flexibility index (Phi) is 4.20. The Morgan fingerprint density at radius 2 is 1.81 bits per heavy atom. The topological polar surface area (TPSA) is 63.1 Å². The Labute approximate surface area is 153 Å². The van der Waals surface area contributed by atoms with Crippen molar-refractivity contribution in [3.05, 3.63) is 53.3 Å². The molecule has 2 amide bonds. The third-order valence-corrected chi connectivity index (χ3v) is 5.25. The van der Waals surface area contributed by atoms with E-state index in [0.717, 1.165) is 37.8 Å². The second kappa shape index (κ2) is 6.44. The van der Waals surface area contributed by atoms with E-state index in [0.29, 0.717) is 5.69 Å². The maximum absolute atomic E-state index is 12.6. The molecule has 1 aromatic carbocycles. The fraction of sp³-hybridized carbons (Fsp3) is 0.368. The molecule has 8 heteroatoms. The smallest absolute Gasteiger partial charge is 0.346 e. The van der Waals surface area contributed by atoms with Crippen LogP contribution in [0.4, 0.5) is 18.9 Å². The van der Waals surface area contributed by atoms with E-state index in [4.69, 9.17) is 0 Å². The van der Waals surface area contributed by atoms with Gasteiger partial charge in [-0.2, -0.15) is 13.2 Å². The summed E-state index contributed by atoms with van der Waals surface area (Å²) < 4.78 is 39.8. The van der Waals surface area contributed by atoms with E-state index in [1.807, 2.05) is 4.57 Å². The van der Waals surface area contributed by atoms with E-state index in [-0.39, 0.29) is 29.2 Å². The van der Waals surface area contributed by atoms with Gasteiger partial charge in [0.05, 0.1) is 17.2 Å². The van der Waals surface area contributed by atoms with Crippen molar-refractivity contribution in [2.75, 3.05) is 5.32 Å². The lowest BCUT2D eigenvalue weighted by Gasteiger charge is -2.38. The van der Waals surface area contributed by atoms with Gasteiger partial charge in [0.2, 0.25) is 0 Å². The van der Waals surface area contributed by atoms with Crippen molar-refractivity contribution in [1.82, 2.24) is 9.88 Å². The number of aromatic nitrogens is 1. The maximum Gasteiger partial charge on any atom is 0.416 e. The third-order valence-electron chi connectivity index (χ3n) is 5.25. The van der Waals surface area contributed by atoms with Crippen molar-refractivity contribution in [3.8, 4) is 0 Å². The average Bonchev–Trinajstić information content (AvgIpc) is 3.08. The molecule has 1 fully saturated rings. The molecule has 142 valence electrons. The second-order valence-corrected chi connectivity index (χ2v) is 6.95. The summed E-state index contributed by atoms with van der Waals surface area (Å²) in [5.41, 5.74) is -0.0249. The van der Waals surface area contributed by atoms with Gasteiger partial charge in [-0.1, -0.05) is 12.8 Å². The van der Waals surface area contributed by atoms with Gasteiger partial charge in [0.1, 0.15) is 5.69 Å². The molecule has 2 aliphatic rings. The van der Waals surface area contributed by atoms with E-state index in [1.54, 1.807) is 12.3 Å². The predicted molar refractivity (Wildman–Crippen MR) is 92.6 cm³/mol. The highest BCUT2D eigenvalue weighted by molar-refractivity contribution is 6.12. The molecule has 0 saturated heterocycles. The van der Waals surface area contributed by atoms with Crippen LogP contribution in [0.3, 0.4) is 0 Å². The fourth-order valence-electron chi connectivity index (χ4n) is 3.94. The first-order valence-corrected chi connectivity index (χ1v) is 8.85. The Morgan fingerprint density at radius 1 is 1.11 bits per heavy atom. The van der Waals surface area contributed by atoms with Gasteiger partial charge < -0.3 is 15.2 Å². The highest BCUT2D eigenvalue weighted by Crippen LogP contribution is 2.34. The monoisotopic (exact) mass is 377 g/mol. The van der Waals surface area contributed by atoms with Crippen LogP contribution in [0.15, 0.2) is 36.5 Å². The molecule has 0 bridgehead atoms. The number of carbonyl (C=O) groups excluding carboxylic acids is 2. The molecule has 0 unspecified atom stereocenters. The summed E-state index contributed by atoms with van der Waals surface area (Å²) in [5.74, 6) is -0.811. The van der Waals surface area contributed by atoms with Crippen LogP contribution in [0.5, 0.6) is 0 Å². The van der Waals surface area contributed by atoms with Crippen LogP contribution in [0.2, 0.25) is 0 Å². The molecule has 2 heterocycles. The molecule has 1 aliphatic carbocycles. The lowest BCUT2D eigenvalue weighted by Crippen LogP contribution is -2.49. The molecule has 0 radical (unpaired) electrons. The van der Waals surface area contributed by atoms with Gasteiger partial charge in [0, 0.05) is 17.9 Å². The number of carbonyl (C=O) groups is 2. The first-order valence-electron chi connectivity index (χ1n) is 8.85. The van der Waals surface area contributed by atoms with Gasteiger partial charge in [0.25, 0.3) is 11.8 Å². The minimum Gasteiger partial charge on any atom is -0.346 e. The van der Waals surface area contributed by atoms with Crippen molar-refractivity contribution < 1.29 is 22.8 Å². The third kappa shape index (κ3) is 3.20. The largest absolute Gasteiger partial charge is 0.416 e. The zero-order valence-corrected chi connectivity index (χ0v) is 14.3. The van der Waals surface area contributed by atoms with Crippen molar-refractivity contribution in [2.45, 2.75) is 43.9 Å². The Balaban J connectivity index is 1.57. The van der Waals surface area contributed by atoms with Crippen LogP contribution in [-0.4, -0.2) is 22.4 Å². The molecular formula is C19H18F3N3O2. The summed E-state index contributed by atoms with van der Waals surface area (Å²) in [5, 5.41) is 5.55. The maximum atomic E-state index is 12.6.